The minimum absolute atomic E-state index is 0.0492. The van der Waals surface area contributed by atoms with E-state index in [0.717, 1.165) is 22.9 Å². The minimum atomic E-state index is -1.34. The molecule has 0 aliphatic carbocycles. The Kier molecular flexibility index (Phi) is 24.5. The zero-order valence-electron chi connectivity index (χ0n) is 46.1. The summed E-state index contributed by atoms with van der Waals surface area (Å²) in [6.45, 7) is 6.45. The molecule has 5 rings (SSSR count). The maximum absolute atomic E-state index is 14.2. The Morgan fingerprint density at radius 2 is 1.12 bits per heavy atom. The average molecular weight is 1120 g/mol. The standard InChI is InChI=1S/C57H76N14O10/c1-5-6-20-42(50(60)74)67-55(79)44(27-36-17-11-8-12-18-36)69-56(80)46(29-38-31-61-32-64-38)66-48(73)24-25-62-57(81)49(33(2)3)71-51(75)34(4)65-54(78)45(28-37-30-63-41-21-14-13-19-39(37)41)70-53(77)43(22-23-47(59)72)68-52(76)40(58)26-35-15-9-7-10-16-35/h7-19,21,30-34,40,42-46,49,63H,5-6,20,22-29,58H2,1-4H3,(H2,59,72)(H2,60,74)(H,61,64)(H,62,81)(H,65,78)(H,66,73)(H,67,79)(H,68,76)(H,69,80)(H,70,77)(H,71,75). The summed E-state index contributed by atoms with van der Waals surface area (Å²) < 4.78 is 0. The van der Waals surface area contributed by atoms with E-state index in [2.05, 4.69) is 57.5 Å². The molecule has 8 unspecified atom stereocenters. The van der Waals surface area contributed by atoms with Crippen LogP contribution in [0.3, 0.4) is 0 Å². The number of amides is 10. The number of carbonyl (C=O) groups is 10. The molecule has 2 aromatic heterocycles. The number of para-hydroxylation sites is 1. The molecule has 0 aliphatic rings. The van der Waals surface area contributed by atoms with E-state index in [4.69, 9.17) is 17.2 Å². The summed E-state index contributed by atoms with van der Waals surface area (Å²) in [6.07, 6.45) is 5.48. The van der Waals surface area contributed by atoms with Crippen molar-refractivity contribution < 1.29 is 47.9 Å². The largest absolute Gasteiger partial charge is 0.370 e. The lowest BCUT2D eigenvalue weighted by Crippen LogP contribution is -2.59. The molecule has 0 fully saturated rings. The Hall–Kier alpha value is -8.93. The quantitative estimate of drug-likeness (QED) is 0.0264. The highest BCUT2D eigenvalue weighted by molar-refractivity contribution is 5.97. The van der Waals surface area contributed by atoms with Gasteiger partial charge in [0, 0.05) is 67.6 Å². The lowest BCUT2D eigenvalue weighted by Gasteiger charge is -2.26. The third-order valence-electron chi connectivity index (χ3n) is 13.4. The summed E-state index contributed by atoms with van der Waals surface area (Å²) in [5, 5.41) is 22.1. The van der Waals surface area contributed by atoms with Gasteiger partial charge in [-0.15, -0.1) is 0 Å². The molecule has 10 amide bonds. The zero-order chi connectivity index (χ0) is 59.0. The smallest absolute Gasteiger partial charge is 0.243 e. The van der Waals surface area contributed by atoms with E-state index >= 15 is 0 Å². The Balaban J connectivity index is 1.22. The van der Waals surface area contributed by atoms with Crippen molar-refractivity contribution >= 4 is 70.0 Å². The summed E-state index contributed by atoms with van der Waals surface area (Å²) in [5.74, 6) is -7.66. The van der Waals surface area contributed by atoms with Gasteiger partial charge in [-0.05, 0) is 54.9 Å². The van der Waals surface area contributed by atoms with Crippen LogP contribution in [-0.2, 0) is 73.6 Å². The van der Waals surface area contributed by atoms with Crippen LogP contribution in [0.25, 0.3) is 10.9 Å². The Morgan fingerprint density at radius 3 is 1.73 bits per heavy atom. The second-order valence-corrected chi connectivity index (χ2v) is 20.2. The van der Waals surface area contributed by atoms with Crippen LogP contribution < -0.4 is 59.7 Å². The zero-order valence-corrected chi connectivity index (χ0v) is 46.1. The summed E-state index contributed by atoms with van der Waals surface area (Å²) in [7, 11) is 0. The Bertz CT molecular complexity index is 2920. The van der Waals surface area contributed by atoms with Crippen LogP contribution in [0.15, 0.2) is 104 Å². The number of nitrogens with one attached hydrogen (secondary N) is 10. The van der Waals surface area contributed by atoms with Crippen molar-refractivity contribution in [3.05, 3.63) is 126 Å². The highest BCUT2D eigenvalue weighted by Gasteiger charge is 2.34. The summed E-state index contributed by atoms with van der Waals surface area (Å²) in [5.41, 5.74) is 20.6. The predicted molar refractivity (Wildman–Crippen MR) is 301 cm³/mol. The number of imidazole rings is 1. The van der Waals surface area contributed by atoms with Crippen LogP contribution in [0, 0.1) is 5.92 Å². The number of fused-ring (bicyclic) bond motifs is 1. The van der Waals surface area contributed by atoms with Gasteiger partial charge < -0.3 is 69.7 Å². The van der Waals surface area contributed by atoms with E-state index in [1.165, 1.54) is 19.4 Å². The van der Waals surface area contributed by atoms with Crippen LogP contribution in [0.4, 0.5) is 0 Å². The van der Waals surface area contributed by atoms with Crippen molar-refractivity contribution in [3.8, 4) is 0 Å². The summed E-state index contributed by atoms with van der Waals surface area (Å²) in [4.78, 5) is 145. The first-order chi connectivity index (χ1) is 38.7. The molecular formula is C57H76N14O10. The Morgan fingerprint density at radius 1 is 0.556 bits per heavy atom. The first kappa shape index (κ1) is 62.9. The molecule has 0 aliphatic heterocycles. The maximum atomic E-state index is 14.2. The molecule has 2 heterocycles. The number of hydrogen-bond donors (Lipinski definition) is 13. The molecular weight excluding hydrogens is 1040 g/mol. The first-order valence-electron chi connectivity index (χ1n) is 27.0. The second kappa shape index (κ2) is 31.6. The van der Waals surface area contributed by atoms with E-state index < -0.39 is 113 Å². The Labute approximate surface area is 469 Å². The summed E-state index contributed by atoms with van der Waals surface area (Å²) in [6, 6.07) is 15.6. The lowest BCUT2D eigenvalue weighted by atomic mass is 10.0. The van der Waals surface area contributed by atoms with Gasteiger partial charge in [0.25, 0.3) is 0 Å². The lowest BCUT2D eigenvalue weighted by molar-refractivity contribution is -0.135. The van der Waals surface area contributed by atoms with E-state index in [0.29, 0.717) is 29.7 Å². The molecule has 0 saturated carbocycles. The normalized spacial score (nSPS) is 14.1. The molecule has 434 valence electrons. The number of H-pyrrole nitrogens is 2. The first-order valence-corrected chi connectivity index (χ1v) is 27.0. The molecule has 24 nitrogen and oxygen atoms in total. The van der Waals surface area contributed by atoms with Gasteiger partial charge in [-0.25, -0.2) is 4.98 Å². The SMILES string of the molecule is CCCCC(NC(=O)C(Cc1ccccc1)NC(=O)C(Cc1cnc[nH]1)NC(=O)CCNC(=O)C(NC(=O)C(C)NC(=O)C(Cc1c[nH]c2ccccc12)NC(=O)C(CCC(N)=O)NC(=O)C(N)Cc1ccccc1)C(C)C)C(N)=O. The molecule has 0 spiro atoms. The number of aromatic amines is 2. The molecule has 16 N–H and O–H groups in total. The van der Waals surface area contributed by atoms with Crippen molar-refractivity contribution in [3.63, 3.8) is 0 Å². The number of nitrogens with zero attached hydrogens (tertiary/aromatic N) is 1. The molecule has 5 aromatic rings. The van der Waals surface area contributed by atoms with Crippen molar-refractivity contribution in [1.29, 1.82) is 0 Å². The van der Waals surface area contributed by atoms with Gasteiger partial charge >= 0.3 is 0 Å². The fraction of sp³-hybridized carbons (Fsp3) is 0.421. The predicted octanol–water partition coefficient (Wildman–Crippen LogP) is 0.00570. The molecule has 24 heteroatoms. The number of carbonyl (C=O) groups excluding carboxylic acids is 10. The van der Waals surface area contributed by atoms with Gasteiger partial charge in [0.15, 0.2) is 0 Å². The van der Waals surface area contributed by atoms with Crippen LogP contribution in [0.1, 0.15) is 88.6 Å². The fourth-order valence-electron chi connectivity index (χ4n) is 8.79. The molecule has 0 bridgehead atoms. The van der Waals surface area contributed by atoms with E-state index in [1.807, 2.05) is 31.2 Å². The summed E-state index contributed by atoms with van der Waals surface area (Å²) >= 11 is 0. The average Bonchev–Trinajstić information content (AvgIpc) is 4.27. The molecule has 3 aromatic carbocycles. The van der Waals surface area contributed by atoms with Crippen LogP contribution in [0.5, 0.6) is 0 Å². The fourth-order valence-corrected chi connectivity index (χ4v) is 8.79. The van der Waals surface area contributed by atoms with Gasteiger partial charge in [0.1, 0.15) is 42.3 Å². The van der Waals surface area contributed by atoms with Crippen molar-refractivity contribution in [1.82, 2.24) is 57.5 Å². The van der Waals surface area contributed by atoms with Crippen LogP contribution in [-0.4, -0.2) is 129 Å². The van der Waals surface area contributed by atoms with Crippen LogP contribution >= 0.6 is 0 Å². The van der Waals surface area contributed by atoms with Gasteiger partial charge in [-0.1, -0.05) is 112 Å². The molecule has 0 radical (unpaired) electrons. The minimum Gasteiger partial charge on any atom is -0.370 e. The van der Waals surface area contributed by atoms with Crippen molar-refractivity contribution in [2.45, 2.75) is 140 Å². The molecule has 8 atom stereocenters. The number of primary amides is 2. The number of aromatic nitrogens is 3. The number of unbranched alkanes of at least 4 members (excludes halogenated alkanes) is 1. The van der Waals surface area contributed by atoms with Gasteiger partial charge in [0.05, 0.1) is 12.4 Å². The van der Waals surface area contributed by atoms with Gasteiger partial charge in [0.2, 0.25) is 59.1 Å². The van der Waals surface area contributed by atoms with E-state index in [9.17, 15) is 47.9 Å². The number of hydrogen-bond acceptors (Lipinski definition) is 12. The second-order valence-electron chi connectivity index (χ2n) is 20.2. The number of nitrogens with two attached hydrogens (primary N) is 3. The number of rotatable bonds is 33. The van der Waals surface area contributed by atoms with Gasteiger partial charge in [-0.2, -0.15) is 0 Å². The maximum Gasteiger partial charge on any atom is 0.243 e. The topological polar surface area (TPSA) is 389 Å². The third kappa shape index (κ3) is 20.4. The molecule has 0 saturated heterocycles. The number of benzene rings is 3. The van der Waals surface area contributed by atoms with E-state index in [-0.39, 0.29) is 51.5 Å². The van der Waals surface area contributed by atoms with Crippen LogP contribution in [0.2, 0.25) is 0 Å². The molecule has 81 heavy (non-hydrogen) atoms. The van der Waals surface area contributed by atoms with Crippen molar-refractivity contribution in [2.75, 3.05) is 6.54 Å². The highest BCUT2D eigenvalue weighted by atomic mass is 16.2. The monoisotopic (exact) mass is 1120 g/mol. The van der Waals surface area contributed by atoms with Gasteiger partial charge in [-0.3, -0.25) is 47.9 Å². The van der Waals surface area contributed by atoms with Crippen molar-refractivity contribution in [2.24, 2.45) is 23.1 Å². The third-order valence-corrected chi connectivity index (χ3v) is 13.4. The van der Waals surface area contributed by atoms with E-state index in [1.54, 1.807) is 80.7 Å². The highest BCUT2D eigenvalue weighted by Crippen LogP contribution is 2.20.